The molecule has 2 saturated heterocycles. The van der Waals surface area contributed by atoms with Gasteiger partial charge in [0.25, 0.3) is 0 Å². The van der Waals surface area contributed by atoms with Crippen LogP contribution in [0.4, 0.5) is 5.69 Å². The molecule has 4 rings (SSSR count). The molecule has 2 atom stereocenters. The van der Waals surface area contributed by atoms with Crippen LogP contribution in [-0.4, -0.2) is 67.4 Å². The number of carbonyl (C=O) groups is 3. The minimum Gasteiger partial charge on any atom is -0.495 e. The van der Waals surface area contributed by atoms with Gasteiger partial charge in [0.1, 0.15) is 5.75 Å². The van der Waals surface area contributed by atoms with Crippen molar-refractivity contribution in [3.05, 3.63) is 24.3 Å². The lowest BCUT2D eigenvalue weighted by Crippen LogP contribution is -2.49. The van der Waals surface area contributed by atoms with Crippen molar-refractivity contribution in [1.29, 1.82) is 0 Å². The van der Waals surface area contributed by atoms with Crippen molar-refractivity contribution in [1.82, 2.24) is 9.80 Å². The highest BCUT2D eigenvalue weighted by atomic mass is 16.5. The summed E-state index contributed by atoms with van der Waals surface area (Å²) >= 11 is 0. The molecule has 1 aliphatic carbocycles. The number of hydrogen-bond donors (Lipinski definition) is 0. The van der Waals surface area contributed by atoms with E-state index in [0.29, 0.717) is 13.1 Å². The van der Waals surface area contributed by atoms with E-state index in [0.717, 1.165) is 50.2 Å². The molecular weight excluding hydrogens is 370 g/mol. The fourth-order valence-corrected chi connectivity index (χ4v) is 4.90. The summed E-state index contributed by atoms with van der Waals surface area (Å²) in [5.74, 6) is 0.438. The van der Waals surface area contributed by atoms with Crippen LogP contribution in [0.3, 0.4) is 0 Å². The number of benzene rings is 1. The Bertz CT molecular complexity index is 764. The van der Waals surface area contributed by atoms with Gasteiger partial charge in [-0.1, -0.05) is 25.0 Å². The van der Waals surface area contributed by atoms with Crippen LogP contribution in [-0.2, 0) is 14.4 Å². The Morgan fingerprint density at radius 3 is 2.24 bits per heavy atom. The number of amides is 3. The summed E-state index contributed by atoms with van der Waals surface area (Å²) in [6.07, 6.45) is 3.87. The Balaban J connectivity index is 1.29. The monoisotopic (exact) mass is 399 g/mol. The van der Waals surface area contributed by atoms with Crippen molar-refractivity contribution in [3.63, 3.8) is 0 Å². The first-order chi connectivity index (χ1) is 14.1. The second-order valence-electron chi connectivity index (χ2n) is 8.12. The van der Waals surface area contributed by atoms with E-state index in [1.165, 1.54) is 4.90 Å². The van der Waals surface area contributed by atoms with Gasteiger partial charge < -0.3 is 14.5 Å². The van der Waals surface area contributed by atoms with Crippen LogP contribution in [0.1, 0.15) is 32.1 Å². The van der Waals surface area contributed by atoms with Gasteiger partial charge in [0.05, 0.1) is 24.6 Å². The molecule has 3 aliphatic rings. The molecule has 2 heterocycles. The van der Waals surface area contributed by atoms with Crippen molar-refractivity contribution < 1.29 is 19.1 Å². The lowest BCUT2D eigenvalue weighted by atomic mass is 9.81. The number of methoxy groups -OCH3 is 1. The van der Waals surface area contributed by atoms with E-state index in [1.807, 2.05) is 29.2 Å². The lowest BCUT2D eigenvalue weighted by molar-refractivity contribution is -0.140. The first kappa shape index (κ1) is 19.7. The summed E-state index contributed by atoms with van der Waals surface area (Å²) in [4.78, 5) is 43.2. The maximum absolute atomic E-state index is 12.7. The number of para-hydroxylation sites is 2. The molecule has 7 nitrogen and oxygen atoms in total. The molecule has 0 unspecified atom stereocenters. The van der Waals surface area contributed by atoms with Gasteiger partial charge >= 0.3 is 0 Å². The fraction of sp³-hybridized carbons (Fsp3) is 0.591. The van der Waals surface area contributed by atoms with E-state index >= 15 is 0 Å². The molecule has 0 N–H and O–H groups in total. The van der Waals surface area contributed by atoms with Crippen LogP contribution in [0, 0.1) is 11.8 Å². The predicted octanol–water partition coefficient (Wildman–Crippen LogP) is 1.91. The summed E-state index contributed by atoms with van der Waals surface area (Å²) in [5, 5.41) is 0. The zero-order valence-corrected chi connectivity index (χ0v) is 17.0. The molecule has 3 fully saturated rings. The lowest BCUT2D eigenvalue weighted by Gasteiger charge is -2.36. The predicted molar refractivity (Wildman–Crippen MR) is 109 cm³/mol. The number of fused-ring (bicyclic) bond motifs is 1. The van der Waals surface area contributed by atoms with Crippen LogP contribution in [0.5, 0.6) is 5.75 Å². The Morgan fingerprint density at radius 2 is 1.62 bits per heavy atom. The summed E-state index contributed by atoms with van der Waals surface area (Å²) in [7, 11) is 1.66. The Hall–Kier alpha value is -2.57. The van der Waals surface area contributed by atoms with Crippen molar-refractivity contribution in [2.75, 3.05) is 44.7 Å². The summed E-state index contributed by atoms with van der Waals surface area (Å²) in [6, 6.07) is 7.89. The topological polar surface area (TPSA) is 70.2 Å². The summed E-state index contributed by atoms with van der Waals surface area (Å²) < 4.78 is 5.44. The van der Waals surface area contributed by atoms with Crippen molar-refractivity contribution >= 4 is 23.4 Å². The SMILES string of the molecule is COc1ccccc1N1CCN(C(=O)CCN2C(=O)[C@@H]3CCCC[C@H]3C2=O)CC1. The molecule has 1 aromatic rings. The maximum Gasteiger partial charge on any atom is 0.233 e. The van der Waals surface area contributed by atoms with Crippen molar-refractivity contribution in [2.45, 2.75) is 32.1 Å². The van der Waals surface area contributed by atoms with Crippen molar-refractivity contribution in [2.24, 2.45) is 11.8 Å². The minimum absolute atomic E-state index is 0.0140. The van der Waals surface area contributed by atoms with Gasteiger partial charge in [0.2, 0.25) is 17.7 Å². The van der Waals surface area contributed by atoms with E-state index < -0.39 is 0 Å². The molecule has 29 heavy (non-hydrogen) atoms. The molecule has 0 radical (unpaired) electrons. The van der Waals surface area contributed by atoms with Gasteiger partial charge in [-0.15, -0.1) is 0 Å². The Labute approximate surface area is 171 Å². The average Bonchev–Trinajstić information content (AvgIpc) is 3.02. The number of rotatable bonds is 5. The smallest absolute Gasteiger partial charge is 0.233 e. The van der Waals surface area contributed by atoms with E-state index in [2.05, 4.69) is 4.90 Å². The minimum atomic E-state index is -0.143. The second-order valence-corrected chi connectivity index (χ2v) is 8.12. The molecule has 3 amide bonds. The largest absolute Gasteiger partial charge is 0.495 e. The Morgan fingerprint density at radius 1 is 1.00 bits per heavy atom. The van der Waals surface area contributed by atoms with Gasteiger partial charge in [0.15, 0.2) is 0 Å². The number of carbonyl (C=O) groups excluding carboxylic acids is 3. The van der Waals surface area contributed by atoms with Crippen molar-refractivity contribution in [3.8, 4) is 5.75 Å². The van der Waals surface area contributed by atoms with E-state index in [4.69, 9.17) is 4.74 Å². The number of imide groups is 1. The first-order valence-electron chi connectivity index (χ1n) is 10.6. The molecule has 0 bridgehead atoms. The van der Waals surface area contributed by atoms with E-state index in [-0.39, 0.29) is 42.5 Å². The normalized spacial score (nSPS) is 24.7. The van der Waals surface area contributed by atoms with Crippen LogP contribution in [0.15, 0.2) is 24.3 Å². The zero-order valence-electron chi connectivity index (χ0n) is 17.0. The average molecular weight is 399 g/mol. The zero-order chi connectivity index (χ0) is 20.4. The number of piperazine rings is 1. The first-order valence-corrected chi connectivity index (χ1v) is 10.6. The van der Waals surface area contributed by atoms with Gasteiger partial charge in [-0.05, 0) is 25.0 Å². The third kappa shape index (κ3) is 3.82. The van der Waals surface area contributed by atoms with Crippen LogP contribution in [0.25, 0.3) is 0 Å². The van der Waals surface area contributed by atoms with Gasteiger partial charge in [0, 0.05) is 39.1 Å². The third-order valence-electron chi connectivity index (χ3n) is 6.54. The van der Waals surface area contributed by atoms with Gasteiger partial charge in [-0.3, -0.25) is 19.3 Å². The maximum atomic E-state index is 12.7. The van der Waals surface area contributed by atoms with Crippen LogP contribution >= 0.6 is 0 Å². The number of anilines is 1. The number of ether oxygens (including phenoxy) is 1. The van der Waals surface area contributed by atoms with Crippen LogP contribution < -0.4 is 9.64 Å². The van der Waals surface area contributed by atoms with Gasteiger partial charge in [-0.25, -0.2) is 0 Å². The quantitative estimate of drug-likeness (QED) is 0.708. The molecule has 0 spiro atoms. The molecule has 1 aromatic carbocycles. The molecular formula is C22H29N3O4. The summed E-state index contributed by atoms with van der Waals surface area (Å²) in [6.45, 7) is 2.94. The van der Waals surface area contributed by atoms with Crippen LogP contribution in [0.2, 0.25) is 0 Å². The molecule has 156 valence electrons. The second kappa shape index (κ2) is 8.43. The van der Waals surface area contributed by atoms with E-state index in [1.54, 1.807) is 7.11 Å². The highest BCUT2D eigenvalue weighted by Gasteiger charge is 2.47. The number of nitrogens with zero attached hydrogens (tertiary/aromatic N) is 3. The van der Waals surface area contributed by atoms with E-state index in [9.17, 15) is 14.4 Å². The number of likely N-dealkylation sites (tertiary alicyclic amines) is 1. The molecule has 1 saturated carbocycles. The third-order valence-corrected chi connectivity index (χ3v) is 6.54. The summed E-state index contributed by atoms with van der Waals surface area (Å²) in [5.41, 5.74) is 1.04. The molecule has 7 heteroatoms. The van der Waals surface area contributed by atoms with Gasteiger partial charge in [-0.2, -0.15) is 0 Å². The molecule has 0 aromatic heterocycles. The highest BCUT2D eigenvalue weighted by molar-refractivity contribution is 6.05. The standard InChI is InChI=1S/C22H29N3O4/c1-29-19-9-5-4-8-18(19)23-12-14-24(15-13-23)20(26)10-11-25-21(27)16-6-2-3-7-17(16)22(25)28/h4-5,8-9,16-17H,2-3,6-7,10-15H2,1H3/t16-,17-/m1/s1. The Kier molecular flexibility index (Phi) is 5.74. The number of hydrogen-bond acceptors (Lipinski definition) is 5. The highest BCUT2D eigenvalue weighted by Crippen LogP contribution is 2.38. The fourth-order valence-electron chi connectivity index (χ4n) is 4.90. The molecule has 2 aliphatic heterocycles.